The van der Waals surface area contributed by atoms with Crippen LogP contribution in [0.2, 0.25) is 0 Å². The van der Waals surface area contributed by atoms with Crippen molar-refractivity contribution in [2.24, 2.45) is 5.41 Å². The van der Waals surface area contributed by atoms with Crippen molar-refractivity contribution in [3.63, 3.8) is 0 Å². The van der Waals surface area contributed by atoms with E-state index >= 15 is 0 Å². The molecular formula is C22H29N3O. The maximum absolute atomic E-state index is 12.3. The average Bonchev–Trinajstić information content (AvgIpc) is 2.55. The lowest BCUT2D eigenvalue weighted by Crippen LogP contribution is -2.30. The Labute approximate surface area is 156 Å². The number of nitrogens with zero attached hydrogens (tertiary/aromatic N) is 2. The Hall–Kier alpha value is -2.36. The molecule has 3 rings (SSSR count). The summed E-state index contributed by atoms with van der Waals surface area (Å²) in [5.74, 6) is 0.740. The highest BCUT2D eigenvalue weighted by Gasteiger charge is 2.22. The molecule has 0 spiro atoms. The number of hydrogen-bond donors (Lipinski definition) is 1. The van der Waals surface area contributed by atoms with Crippen molar-refractivity contribution in [3.8, 4) is 0 Å². The molecule has 2 aromatic rings. The number of pyridine rings is 1. The van der Waals surface area contributed by atoms with Crippen LogP contribution in [0.1, 0.15) is 50.4 Å². The maximum atomic E-state index is 12.3. The van der Waals surface area contributed by atoms with Gasteiger partial charge in [0.05, 0.1) is 11.4 Å². The van der Waals surface area contributed by atoms with Gasteiger partial charge in [-0.1, -0.05) is 51.1 Å². The summed E-state index contributed by atoms with van der Waals surface area (Å²) in [4.78, 5) is 19.5. The number of aromatic nitrogens is 1. The molecule has 0 radical (unpaired) electrons. The van der Waals surface area contributed by atoms with Gasteiger partial charge in [-0.2, -0.15) is 0 Å². The average molecular weight is 351 g/mol. The minimum Gasteiger partial charge on any atom is -0.366 e. The van der Waals surface area contributed by atoms with Gasteiger partial charge >= 0.3 is 0 Å². The first-order valence-electron chi connectivity index (χ1n) is 9.41. The topological polar surface area (TPSA) is 45.2 Å². The molecule has 2 heterocycles. The Morgan fingerprint density at radius 1 is 1.23 bits per heavy atom. The number of anilines is 2. The standard InChI is InChI=1S/C22H29N3O/c1-16-13-19-18(23-21(16)24-20(26)14-22(2,3)4)11-8-12-25(19)15-17-9-6-5-7-10-17/h5-7,9-10,13H,8,11-12,14-15H2,1-4H3,(H,23,24,26). The zero-order valence-electron chi connectivity index (χ0n) is 16.3. The number of nitrogens with one attached hydrogen (secondary N) is 1. The highest BCUT2D eigenvalue weighted by Crippen LogP contribution is 2.31. The smallest absolute Gasteiger partial charge is 0.226 e. The third kappa shape index (κ3) is 4.63. The van der Waals surface area contributed by atoms with Crippen LogP contribution in [0.25, 0.3) is 0 Å². The van der Waals surface area contributed by atoms with Gasteiger partial charge in [0, 0.05) is 19.5 Å². The first-order chi connectivity index (χ1) is 12.3. The van der Waals surface area contributed by atoms with Crippen molar-refractivity contribution in [2.45, 2.75) is 53.5 Å². The summed E-state index contributed by atoms with van der Waals surface area (Å²) in [6.07, 6.45) is 2.54. The number of carbonyl (C=O) groups is 1. The number of aryl methyl sites for hydroxylation is 2. The molecule has 1 aromatic carbocycles. The Bertz CT molecular complexity index is 778. The van der Waals surface area contributed by atoms with E-state index in [9.17, 15) is 4.79 Å². The second-order valence-corrected chi connectivity index (χ2v) is 8.42. The van der Waals surface area contributed by atoms with Crippen molar-refractivity contribution in [1.29, 1.82) is 0 Å². The van der Waals surface area contributed by atoms with E-state index in [1.165, 1.54) is 11.3 Å². The van der Waals surface area contributed by atoms with Crippen LogP contribution in [0.15, 0.2) is 36.4 Å². The number of hydrogen-bond acceptors (Lipinski definition) is 3. The molecule has 4 heteroatoms. The van der Waals surface area contributed by atoms with Gasteiger partial charge in [-0.3, -0.25) is 4.79 Å². The Balaban J connectivity index is 1.80. The van der Waals surface area contributed by atoms with E-state index < -0.39 is 0 Å². The highest BCUT2D eigenvalue weighted by atomic mass is 16.1. The lowest BCUT2D eigenvalue weighted by molar-refractivity contribution is -0.117. The molecule has 0 saturated carbocycles. The van der Waals surface area contributed by atoms with E-state index in [0.717, 1.165) is 37.2 Å². The minimum atomic E-state index is -0.0291. The summed E-state index contributed by atoms with van der Waals surface area (Å²) in [5.41, 5.74) is 4.58. The van der Waals surface area contributed by atoms with Crippen LogP contribution < -0.4 is 10.2 Å². The van der Waals surface area contributed by atoms with Gasteiger partial charge < -0.3 is 10.2 Å². The van der Waals surface area contributed by atoms with E-state index in [0.29, 0.717) is 12.2 Å². The fourth-order valence-corrected chi connectivity index (χ4v) is 3.41. The van der Waals surface area contributed by atoms with Gasteiger partial charge in [-0.05, 0) is 42.4 Å². The third-order valence-corrected chi connectivity index (χ3v) is 4.62. The molecular weight excluding hydrogens is 322 g/mol. The monoisotopic (exact) mass is 351 g/mol. The van der Waals surface area contributed by atoms with Crippen LogP contribution in [-0.2, 0) is 17.8 Å². The lowest BCUT2D eigenvalue weighted by atomic mass is 9.92. The maximum Gasteiger partial charge on any atom is 0.226 e. The van der Waals surface area contributed by atoms with Gasteiger partial charge in [0.15, 0.2) is 0 Å². The molecule has 0 atom stereocenters. The van der Waals surface area contributed by atoms with Gasteiger partial charge in [-0.15, -0.1) is 0 Å². The van der Waals surface area contributed by atoms with Gasteiger partial charge in [0.1, 0.15) is 5.82 Å². The Morgan fingerprint density at radius 3 is 2.65 bits per heavy atom. The van der Waals surface area contributed by atoms with Crippen molar-refractivity contribution in [1.82, 2.24) is 4.98 Å². The summed E-state index contributed by atoms with van der Waals surface area (Å²) >= 11 is 0. The fraction of sp³-hybridized carbons (Fsp3) is 0.455. The van der Waals surface area contributed by atoms with E-state index in [4.69, 9.17) is 4.98 Å². The lowest BCUT2D eigenvalue weighted by Gasteiger charge is -2.31. The summed E-state index contributed by atoms with van der Waals surface area (Å²) < 4.78 is 0. The number of amides is 1. The van der Waals surface area contributed by atoms with Gasteiger partial charge in [0.25, 0.3) is 0 Å². The van der Waals surface area contributed by atoms with Crippen LogP contribution in [0.5, 0.6) is 0 Å². The number of benzene rings is 1. The molecule has 138 valence electrons. The molecule has 4 nitrogen and oxygen atoms in total. The normalized spacial score (nSPS) is 14.1. The summed E-state index contributed by atoms with van der Waals surface area (Å²) in [7, 11) is 0. The predicted octanol–water partition coefficient (Wildman–Crippen LogP) is 4.72. The first-order valence-corrected chi connectivity index (χ1v) is 9.41. The highest BCUT2D eigenvalue weighted by molar-refractivity contribution is 5.91. The van der Waals surface area contributed by atoms with E-state index in [-0.39, 0.29) is 11.3 Å². The SMILES string of the molecule is Cc1cc2c(nc1NC(=O)CC(C)(C)C)CCCN2Cc1ccccc1. The Morgan fingerprint density at radius 2 is 1.96 bits per heavy atom. The van der Waals surface area contributed by atoms with Crippen LogP contribution in [0.3, 0.4) is 0 Å². The summed E-state index contributed by atoms with van der Waals surface area (Å²) in [5, 5.41) is 3.01. The van der Waals surface area contributed by atoms with Gasteiger partial charge in [0.2, 0.25) is 5.91 Å². The molecule has 0 bridgehead atoms. The zero-order valence-corrected chi connectivity index (χ0v) is 16.3. The summed E-state index contributed by atoms with van der Waals surface area (Å²) in [6, 6.07) is 12.7. The zero-order chi connectivity index (χ0) is 18.7. The third-order valence-electron chi connectivity index (χ3n) is 4.62. The molecule has 1 aromatic heterocycles. The quantitative estimate of drug-likeness (QED) is 0.867. The molecule has 0 aliphatic carbocycles. The van der Waals surface area contributed by atoms with Crippen LogP contribution in [-0.4, -0.2) is 17.4 Å². The van der Waals surface area contributed by atoms with Crippen molar-refractivity contribution >= 4 is 17.4 Å². The number of fused-ring (bicyclic) bond motifs is 1. The molecule has 1 amide bonds. The van der Waals surface area contributed by atoms with E-state index in [2.05, 4.69) is 61.3 Å². The van der Waals surface area contributed by atoms with Gasteiger partial charge in [-0.25, -0.2) is 4.98 Å². The van der Waals surface area contributed by atoms with Crippen molar-refractivity contribution in [3.05, 3.63) is 53.2 Å². The fourth-order valence-electron chi connectivity index (χ4n) is 3.41. The van der Waals surface area contributed by atoms with Crippen LogP contribution in [0.4, 0.5) is 11.5 Å². The Kier molecular flexibility index (Phi) is 5.30. The first kappa shape index (κ1) is 18.4. The second-order valence-electron chi connectivity index (χ2n) is 8.42. The molecule has 1 aliphatic rings. The minimum absolute atomic E-state index is 0.0291. The molecule has 0 saturated heterocycles. The molecule has 1 N–H and O–H groups in total. The van der Waals surface area contributed by atoms with Crippen molar-refractivity contribution < 1.29 is 4.79 Å². The largest absolute Gasteiger partial charge is 0.366 e. The predicted molar refractivity (Wildman–Crippen MR) is 107 cm³/mol. The van der Waals surface area contributed by atoms with Crippen molar-refractivity contribution in [2.75, 3.05) is 16.8 Å². The summed E-state index contributed by atoms with van der Waals surface area (Å²) in [6.45, 7) is 10.2. The molecule has 0 fully saturated rings. The molecule has 0 unspecified atom stereocenters. The van der Waals surface area contributed by atoms with Crippen LogP contribution >= 0.6 is 0 Å². The van der Waals surface area contributed by atoms with E-state index in [1.54, 1.807) is 0 Å². The molecule has 1 aliphatic heterocycles. The second kappa shape index (κ2) is 7.48. The number of carbonyl (C=O) groups excluding carboxylic acids is 1. The van der Waals surface area contributed by atoms with E-state index in [1.807, 2.05) is 13.0 Å². The molecule has 26 heavy (non-hydrogen) atoms. The van der Waals surface area contributed by atoms with Crippen LogP contribution in [0, 0.1) is 12.3 Å². The number of rotatable bonds is 4.